The molecule has 0 aromatic heterocycles. The summed E-state index contributed by atoms with van der Waals surface area (Å²) in [6, 6.07) is 0. The van der Waals surface area contributed by atoms with Crippen molar-refractivity contribution in [2.24, 2.45) is 0 Å². The summed E-state index contributed by atoms with van der Waals surface area (Å²) in [5.74, 6) is -3.05. The standard InChI is InChI=1S/C69H130O12/c1-4-7-10-13-16-19-22-25-28-30-31-33-36-39-42-45-48-51-54-57-63(72)80-67-65(74)64(73)66(68(75)76)81-69(67)78-59-60(79-62(71)56-53-50-47-44-41-38-34-27-24-21-18-15-12-9-6-3)58-77-61(70)55-52-49-46-43-40-37-35-32-29-26-23-20-17-14-11-8-5-2/h60,64-67,69,73-74H,4-59H2,1-3H3,(H,75,76). The average molecular weight is 1150 g/mol. The van der Waals surface area contributed by atoms with Crippen LogP contribution in [0.3, 0.4) is 0 Å². The molecule has 0 aromatic carbocycles. The Bertz CT molecular complexity index is 1410. The van der Waals surface area contributed by atoms with Crippen LogP contribution < -0.4 is 0 Å². The lowest BCUT2D eigenvalue weighted by Crippen LogP contribution is -2.61. The van der Waals surface area contributed by atoms with Gasteiger partial charge in [0.05, 0.1) is 6.61 Å². The summed E-state index contributed by atoms with van der Waals surface area (Å²) in [7, 11) is 0. The minimum atomic E-state index is -1.89. The van der Waals surface area contributed by atoms with Gasteiger partial charge in [0.1, 0.15) is 18.8 Å². The zero-order chi connectivity index (χ0) is 58.9. The lowest BCUT2D eigenvalue weighted by Gasteiger charge is -2.40. The molecular formula is C69H130O12. The zero-order valence-corrected chi connectivity index (χ0v) is 53.1. The van der Waals surface area contributed by atoms with E-state index in [1.807, 2.05) is 0 Å². The van der Waals surface area contributed by atoms with E-state index in [0.717, 1.165) is 57.8 Å². The first-order chi connectivity index (χ1) is 39.6. The Morgan fingerprint density at radius 2 is 0.630 bits per heavy atom. The number of rotatable bonds is 62. The van der Waals surface area contributed by atoms with E-state index in [-0.39, 0.29) is 25.9 Å². The summed E-state index contributed by atoms with van der Waals surface area (Å²) >= 11 is 0. The van der Waals surface area contributed by atoms with Gasteiger partial charge in [0, 0.05) is 19.3 Å². The molecule has 1 aliphatic heterocycles. The van der Waals surface area contributed by atoms with Crippen molar-refractivity contribution in [2.75, 3.05) is 13.2 Å². The van der Waals surface area contributed by atoms with Gasteiger partial charge in [-0.2, -0.15) is 0 Å². The number of aliphatic hydroxyl groups is 2. The number of carboxylic acid groups (broad SMARTS) is 1. The Labute approximate surface area is 497 Å². The van der Waals surface area contributed by atoms with Crippen LogP contribution >= 0.6 is 0 Å². The third-order valence-corrected chi connectivity index (χ3v) is 16.7. The molecule has 1 saturated heterocycles. The predicted octanol–water partition coefficient (Wildman–Crippen LogP) is 19.0. The molecule has 0 amide bonds. The van der Waals surface area contributed by atoms with Crippen molar-refractivity contribution in [1.82, 2.24) is 0 Å². The van der Waals surface area contributed by atoms with E-state index in [2.05, 4.69) is 20.8 Å². The van der Waals surface area contributed by atoms with E-state index in [0.29, 0.717) is 19.3 Å². The highest BCUT2D eigenvalue weighted by molar-refractivity contribution is 5.74. The number of esters is 3. The van der Waals surface area contributed by atoms with Gasteiger partial charge >= 0.3 is 23.9 Å². The van der Waals surface area contributed by atoms with Crippen molar-refractivity contribution < 1.29 is 58.2 Å². The molecule has 1 aliphatic rings. The molecule has 1 fully saturated rings. The van der Waals surface area contributed by atoms with Crippen molar-refractivity contribution >= 4 is 23.9 Å². The summed E-state index contributed by atoms with van der Waals surface area (Å²) in [5.41, 5.74) is 0. The molecule has 12 nitrogen and oxygen atoms in total. The lowest BCUT2D eigenvalue weighted by atomic mass is 9.98. The van der Waals surface area contributed by atoms with Gasteiger partial charge in [0.2, 0.25) is 0 Å². The Kier molecular flexibility index (Phi) is 55.1. The second-order valence-corrected chi connectivity index (χ2v) is 24.5. The topological polar surface area (TPSA) is 175 Å². The summed E-state index contributed by atoms with van der Waals surface area (Å²) in [6.07, 6.45) is 53.4. The van der Waals surface area contributed by atoms with Gasteiger partial charge in [-0.1, -0.05) is 329 Å². The van der Waals surface area contributed by atoms with Gasteiger partial charge in [-0.3, -0.25) is 14.4 Å². The first kappa shape index (κ1) is 76.7. The minimum Gasteiger partial charge on any atom is -0.479 e. The number of carbonyl (C=O) groups is 4. The van der Waals surface area contributed by atoms with Crippen LogP contribution in [0.4, 0.5) is 0 Å². The molecule has 0 radical (unpaired) electrons. The number of carbonyl (C=O) groups excluding carboxylic acids is 3. The lowest BCUT2D eigenvalue weighted by molar-refractivity contribution is -0.301. The average Bonchev–Trinajstić information content (AvgIpc) is 3.54. The molecule has 0 bridgehead atoms. The third-order valence-electron chi connectivity index (χ3n) is 16.7. The van der Waals surface area contributed by atoms with Crippen molar-refractivity contribution in [3.05, 3.63) is 0 Å². The number of aliphatic hydroxyl groups excluding tert-OH is 2. The maximum atomic E-state index is 13.2. The highest BCUT2D eigenvalue weighted by Crippen LogP contribution is 2.27. The van der Waals surface area contributed by atoms with Gasteiger partial charge in [-0.25, -0.2) is 4.79 Å². The van der Waals surface area contributed by atoms with Gasteiger partial charge in [-0.15, -0.1) is 0 Å². The second kappa shape index (κ2) is 58.1. The van der Waals surface area contributed by atoms with Crippen molar-refractivity contribution in [1.29, 1.82) is 0 Å². The van der Waals surface area contributed by atoms with Gasteiger partial charge < -0.3 is 39.0 Å². The molecule has 6 unspecified atom stereocenters. The molecule has 12 heteroatoms. The Morgan fingerprint density at radius 1 is 0.358 bits per heavy atom. The fourth-order valence-electron chi connectivity index (χ4n) is 11.3. The van der Waals surface area contributed by atoms with Crippen LogP contribution in [0, 0.1) is 0 Å². The number of hydrogen-bond donors (Lipinski definition) is 3. The van der Waals surface area contributed by atoms with Gasteiger partial charge in [-0.05, 0) is 19.3 Å². The number of carboxylic acids is 1. The van der Waals surface area contributed by atoms with E-state index in [1.54, 1.807) is 0 Å². The number of hydrogen-bond acceptors (Lipinski definition) is 11. The minimum absolute atomic E-state index is 0.0716. The van der Waals surface area contributed by atoms with Crippen LogP contribution in [-0.2, 0) is 42.9 Å². The van der Waals surface area contributed by atoms with Gasteiger partial charge in [0.15, 0.2) is 24.6 Å². The quantitative estimate of drug-likeness (QED) is 0.0299. The second-order valence-electron chi connectivity index (χ2n) is 24.5. The fraction of sp³-hybridized carbons (Fsp3) is 0.942. The van der Waals surface area contributed by atoms with Crippen LogP contribution in [0.2, 0.25) is 0 Å². The molecule has 1 rings (SSSR count). The smallest absolute Gasteiger partial charge is 0.335 e. The van der Waals surface area contributed by atoms with Crippen LogP contribution in [0.5, 0.6) is 0 Å². The summed E-state index contributed by atoms with van der Waals surface area (Å²) < 4.78 is 28.6. The maximum Gasteiger partial charge on any atom is 0.335 e. The molecule has 0 aliphatic carbocycles. The largest absolute Gasteiger partial charge is 0.479 e. The molecule has 0 aromatic rings. The molecule has 3 N–H and O–H groups in total. The van der Waals surface area contributed by atoms with E-state index < -0.39 is 67.3 Å². The highest BCUT2D eigenvalue weighted by atomic mass is 16.7. The van der Waals surface area contributed by atoms with Crippen LogP contribution in [0.1, 0.15) is 367 Å². The molecule has 478 valence electrons. The molecule has 0 saturated carbocycles. The molecule has 0 spiro atoms. The van der Waals surface area contributed by atoms with Crippen molar-refractivity contribution in [2.45, 2.75) is 404 Å². The SMILES string of the molecule is CCCCCCCCCCCCCCCCCCCCCC(=O)OC1C(OCC(COC(=O)CCCCCCCCCCCCCCCCCCC)OC(=O)CCCCCCCCCCCCCCCCC)OC(C(=O)O)C(O)C1O. The van der Waals surface area contributed by atoms with Crippen molar-refractivity contribution in [3.63, 3.8) is 0 Å². The van der Waals surface area contributed by atoms with E-state index in [1.165, 1.54) is 250 Å². The number of ether oxygens (including phenoxy) is 5. The molecule has 81 heavy (non-hydrogen) atoms. The predicted molar refractivity (Wildman–Crippen MR) is 331 cm³/mol. The summed E-state index contributed by atoms with van der Waals surface area (Å²) in [5, 5.41) is 31.6. The molecular weight excluding hydrogens is 1020 g/mol. The van der Waals surface area contributed by atoms with Gasteiger partial charge in [0.25, 0.3) is 0 Å². The number of unbranched alkanes of at least 4 members (excludes halogenated alkanes) is 48. The first-order valence-electron chi connectivity index (χ1n) is 35.0. The van der Waals surface area contributed by atoms with Crippen LogP contribution in [-0.4, -0.2) is 89.2 Å². The van der Waals surface area contributed by atoms with E-state index >= 15 is 0 Å². The Morgan fingerprint density at radius 3 is 0.926 bits per heavy atom. The molecule has 6 atom stereocenters. The number of aliphatic carboxylic acids is 1. The Balaban J connectivity index is 2.59. The first-order valence-corrected chi connectivity index (χ1v) is 35.0. The van der Waals surface area contributed by atoms with Crippen molar-refractivity contribution in [3.8, 4) is 0 Å². The van der Waals surface area contributed by atoms with E-state index in [4.69, 9.17) is 23.7 Å². The van der Waals surface area contributed by atoms with E-state index in [9.17, 15) is 34.5 Å². The zero-order valence-electron chi connectivity index (χ0n) is 53.1. The fourth-order valence-corrected chi connectivity index (χ4v) is 11.3. The normalized spacial score (nSPS) is 17.6. The Hall–Kier alpha value is -2.28. The maximum absolute atomic E-state index is 13.2. The van der Waals surface area contributed by atoms with Crippen LogP contribution in [0.15, 0.2) is 0 Å². The molecule has 1 heterocycles. The monoisotopic (exact) mass is 1150 g/mol. The van der Waals surface area contributed by atoms with Crippen LogP contribution in [0.25, 0.3) is 0 Å². The third kappa shape index (κ3) is 47.6. The summed E-state index contributed by atoms with van der Waals surface area (Å²) in [4.78, 5) is 51.4. The summed E-state index contributed by atoms with van der Waals surface area (Å²) in [6.45, 7) is 6.09. The highest BCUT2D eigenvalue weighted by Gasteiger charge is 2.50.